The first-order chi connectivity index (χ1) is 10.8. The second-order valence-electron chi connectivity index (χ2n) is 4.48. The van der Waals surface area contributed by atoms with E-state index in [2.05, 4.69) is 15.8 Å². The van der Waals surface area contributed by atoms with Crippen LogP contribution in [0.3, 0.4) is 0 Å². The summed E-state index contributed by atoms with van der Waals surface area (Å²) in [6.07, 6.45) is 1.57. The van der Waals surface area contributed by atoms with Crippen molar-refractivity contribution in [2.45, 2.75) is 6.92 Å². The molecule has 2 N–H and O–H groups in total. The zero-order chi connectivity index (χ0) is 15.6. The van der Waals surface area contributed by atoms with Crippen molar-refractivity contribution in [1.82, 2.24) is 5.43 Å². The van der Waals surface area contributed by atoms with Gasteiger partial charge in [-0.3, -0.25) is 4.79 Å². The van der Waals surface area contributed by atoms with Gasteiger partial charge in [-0.15, -0.1) is 0 Å². The normalized spacial score (nSPS) is 10.4. The highest BCUT2D eigenvalue weighted by Gasteiger charge is 2.01. The molecule has 0 spiro atoms. The van der Waals surface area contributed by atoms with Gasteiger partial charge in [0, 0.05) is 11.3 Å². The van der Waals surface area contributed by atoms with E-state index >= 15 is 0 Å². The summed E-state index contributed by atoms with van der Waals surface area (Å²) in [5, 5.41) is 6.97. The van der Waals surface area contributed by atoms with Gasteiger partial charge in [0.15, 0.2) is 0 Å². The molecule has 0 aromatic heterocycles. The number of anilines is 1. The van der Waals surface area contributed by atoms with Crippen molar-refractivity contribution in [3.63, 3.8) is 0 Å². The maximum Gasteiger partial charge on any atom is 0.259 e. The lowest BCUT2D eigenvalue weighted by Crippen LogP contribution is -2.25. The molecule has 22 heavy (non-hydrogen) atoms. The molecule has 0 aliphatic heterocycles. The minimum Gasteiger partial charge on any atom is -0.493 e. The number of nitrogens with one attached hydrogen (secondary N) is 2. The fourth-order valence-electron chi connectivity index (χ4n) is 1.83. The van der Waals surface area contributed by atoms with Crippen molar-refractivity contribution in [2.24, 2.45) is 5.10 Å². The van der Waals surface area contributed by atoms with Crippen LogP contribution in [0.4, 0.5) is 5.69 Å². The Morgan fingerprint density at radius 1 is 1.14 bits per heavy atom. The predicted molar refractivity (Wildman–Crippen MR) is 88.3 cm³/mol. The number of ether oxygens (including phenoxy) is 1. The van der Waals surface area contributed by atoms with Crippen LogP contribution >= 0.6 is 0 Å². The topological polar surface area (TPSA) is 62.7 Å². The van der Waals surface area contributed by atoms with Crippen LogP contribution in [0.1, 0.15) is 12.5 Å². The van der Waals surface area contributed by atoms with E-state index in [1.54, 1.807) is 6.21 Å². The number of hydrazone groups is 1. The molecule has 2 aromatic carbocycles. The summed E-state index contributed by atoms with van der Waals surface area (Å²) in [4.78, 5) is 11.7. The van der Waals surface area contributed by atoms with Gasteiger partial charge >= 0.3 is 0 Å². The number of para-hydroxylation sites is 2. The van der Waals surface area contributed by atoms with Crippen LogP contribution in [0.5, 0.6) is 5.75 Å². The second kappa shape index (κ2) is 8.46. The van der Waals surface area contributed by atoms with Crippen LogP contribution in [0.25, 0.3) is 0 Å². The number of carbonyl (C=O) groups is 1. The van der Waals surface area contributed by atoms with E-state index in [-0.39, 0.29) is 12.5 Å². The van der Waals surface area contributed by atoms with Gasteiger partial charge in [0.1, 0.15) is 5.75 Å². The van der Waals surface area contributed by atoms with Crippen LogP contribution < -0.4 is 15.5 Å². The van der Waals surface area contributed by atoms with E-state index < -0.39 is 0 Å². The molecule has 1 amide bonds. The molecule has 0 radical (unpaired) electrons. The lowest BCUT2D eigenvalue weighted by atomic mass is 10.2. The number of hydrogen-bond acceptors (Lipinski definition) is 4. The zero-order valence-corrected chi connectivity index (χ0v) is 12.5. The SMILES string of the molecule is CCOc1ccccc1/C=N/NC(=O)CNc1ccccc1. The summed E-state index contributed by atoms with van der Waals surface area (Å²) >= 11 is 0. The summed E-state index contributed by atoms with van der Waals surface area (Å²) in [6, 6.07) is 17.1. The van der Waals surface area contributed by atoms with Crippen molar-refractivity contribution in [2.75, 3.05) is 18.5 Å². The highest BCUT2D eigenvalue weighted by atomic mass is 16.5. The zero-order valence-electron chi connectivity index (χ0n) is 12.5. The Kier molecular flexibility index (Phi) is 5.99. The summed E-state index contributed by atoms with van der Waals surface area (Å²) < 4.78 is 5.48. The van der Waals surface area contributed by atoms with Gasteiger partial charge in [-0.2, -0.15) is 5.10 Å². The number of amides is 1. The van der Waals surface area contributed by atoms with E-state index in [1.165, 1.54) is 0 Å². The molecule has 0 unspecified atom stereocenters. The van der Waals surface area contributed by atoms with E-state index in [9.17, 15) is 4.79 Å². The number of benzene rings is 2. The van der Waals surface area contributed by atoms with E-state index in [4.69, 9.17) is 4.74 Å². The first-order valence-electron chi connectivity index (χ1n) is 7.12. The first-order valence-corrected chi connectivity index (χ1v) is 7.12. The Morgan fingerprint density at radius 2 is 1.86 bits per heavy atom. The van der Waals surface area contributed by atoms with Gasteiger partial charge in [0.2, 0.25) is 0 Å². The molecule has 5 heteroatoms. The van der Waals surface area contributed by atoms with Crippen molar-refractivity contribution in [3.8, 4) is 5.75 Å². The van der Waals surface area contributed by atoms with Gasteiger partial charge in [-0.25, -0.2) is 5.43 Å². The molecule has 0 fully saturated rings. The van der Waals surface area contributed by atoms with Crippen LogP contribution in [0.2, 0.25) is 0 Å². The molecular formula is C17H19N3O2. The number of carbonyl (C=O) groups excluding carboxylic acids is 1. The summed E-state index contributed by atoms with van der Waals surface area (Å²) in [5.41, 5.74) is 4.20. The highest BCUT2D eigenvalue weighted by Crippen LogP contribution is 2.15. The third kappa shape index (κ3) is 4.94. The maximum atomic E-state index is 11.7. The first kappa shape index (κ1) is 15.6. The molecule has 0 bridgehead atoms. The van der Waals surface area contributed by atoms with Crippen molar-refractivity contribution >= 4 is 17.8 Å². The molecule has 0 saturated heterocycles. The molecule has 2 aromatic rings. The van der Waals surface area contributed by atoms with Gasteiger partial charge in [0.05, 0.1) is 19.4 Å². The third-order valence-corrected chi connectivity index (χ3v) is 2.84. The van der Waals surface area contributed by atoms with Crippen LogP contribution in [0.15, 0.2) is 59.7 Å². The van der Waals surface area contributed by atoms with Gasteiger partial charge in [-0.1, -0.05) is 30.3 Å². The van der Waals surface area contributed by atoms with Gasteiger partial charge in [-0.05, 0) is 31.2 Å². The van der Waals surface area contributed by atoms with E-state index in [0.29, 0.717) is 6.61 Å². The molecule has 0 aliphatic carbocycles. The standard InChI is InChI=1S/C17H19N3O2/c1-2-22-16-11-7-6-8-14(16)12-19-20-17(21)13-18-15-9-4-3-5-10-15/h3-12,18H,2,13H2,1H3,(H,20,21)/b19-12+. The largest absolute Gasteiger partial charge is 0.493 e. The lowest BCUT2D eigenvalue weighted by Gasteiger charge is -2.06. The quantitative estimate of drug-likeness (QED) is 0.610. The Hall–Kier alpha value is -2.82. The molecule has 0 atom stereocenters. The fourth-order valence-corrected chi connectivity index (χ4v) is 1.83. The predicted octanol–water partition coefficient (Wildman–Crippen LogP) is 2.65. The molecule has 0 aliphatic rings. The number of hydrogen-bond donors (Lipinski definition) is 2. The molecule has 114 valence electrons. The van der Waals surface area contributed by atoms with Crippen LogP contribution in [0, 0.1) is 0 Å². The Labute approximate surface area is 130 Å². The minimum atomic E-state index is -0.214. The Morgan fingerprint density at radius 3 is 2.64 bits per heavy atom. The minimum absolute atomic E-state index is 0.161. The van der Waals surface area contributed by atoms with E-state index in [1.807, 2.05) is 61.5 Å². The average molecular weight is 297 g/mol. The third-order valence-electron chi connectivity index (χ3n) is 2.84. The summed E-state index contributed by atoms with van der Waals surface area (Å²) in [6.45, 7) is 2.66. The smallest absolute Gasteiger partial charge is 0.259 e. The molecule has 2 rings (SSSR count). The fraction of sp³-hybridized carbons (Fsp3) is 0.176. The van der Waals surface area contributed by atoms with Crippen molar-refractivity contribution in [3.05, 3.63) is 60.2 Å². The number of rotatable bonds is 7. The van der Waals surface area contributed by atoms with Crippen molar-refractivity contribution in [1.29, 1.82) is 0 Å². The summed E-state index contributed by atoms with van der Waals surface area (Å²) in [7, 11) is 0. The Balaban J connectivity index is 1.83. The highest BCUT2D eigenvalue weighted by molar-refractivity contribution is 5.86. The monoisotopic (exact) mass is 297 g/mol. The lowest BCUT2D eigenvalue weighted by molar-refractivity contribution is -0.119. The second-order valence-corrected chi connectivity index (χ2v) is 4.48. The average Bonchev–Trinajstić information content (AvgIpc) is 2.56. The van der Waals surface area contributed by atoms with Crippen LogP contribution in [-0.4, -0.2) is 25.3 Å². The molecule has 5 nitrogen and oxygen atoms in total. The maximum absolute atomic E-state index is 11.7. The summed E-state index contributed by atoms with van der Waals surface area (Å²) in [5.74, 6) is 0.527. The molecule has 0 heterocycles. The Bertz CT molecular complexity index is 627. The van der Waals surface area contributed by atoms with Crippen molar-refractivity contribution < 1.29 is 9.53 Å². The molecule has 0 saturated carbocycles. The van der Waals surface area contributed by atoms with Crippen LogP contribution in [-0.2, 0) is 4.79 Å². The number of nitrogens with zero attached hydrogens (tertiary/aromatic N) is 1. The van der Waals surface area contributed by atoms with Gasteiger partial charge < -0.3 is 10.1 Å². The van der Waals surface area contributed by atoms with Gasteiger partial charge in [0.25, 0.3) is 5.91 Å². The molecular weight excluding hydrogens is 278 g/mol. The van der Waals surface area contributed by atoms with E-state index in [0.717, 1.165) is 17.0 Å².